The van der Waals surface area contributed by atoms with Crippen LogP contribution < -0.4 is 4.90 Å². The Kier molecular flexibility index (Phi) is 7.12. The predicted molar refractivity (Wildman–Crippen MR) is 118 cm³/mol. The molecule has 4 nitrogen and oxygen atoms in total. The maximum absolute atomic E-state index is 12.4. The minimum atomic E-state index is 0.106. The molecule has 6 heteroatoms. The highest BCUT2D eigenvalue weighted by Gasteiger charge is 2.20. The van der Waals surface area contributed by atoms with Crippen molar-refractivity contribution in [1.82, 2.24) is 9.80 Å². The molecule has 0 aromatic heterocycles. The third kappa shape index (κ3) is 5.71. The molecule has 0 saturated carbocycles. The maximum atomic E-state index is 12.4. The van der Waals surface area contributed by atoms with Crippen LogP contribution in [0.15, 0.2) is 60.7 Å². The summed E-state index contributed by atoms with van der Waals surface area (Å²) < 4.78 is 0.823. The topological polar surface area (TPSA) is 26.8 Å². The number of amides is 1. The molecule has 1 heterocycles. The number of thioether (sulfide) groups is 1. The molecular weight excluding hydrogens is 374 g/mol. The molecule has 1 amide bonds. The minimum absolute atomic E-state index is 0.106. The Hall–Kier alpha value is -2.05. The van der Waals surface area contributed by atoms with Crippen LogP contribution in [0.25, 0.3) is 0 Å². The highest BCUT2D eigenvalue weighted by Crippen LogP contribution is 2.18. The Bertz CT molecular complexity index is 747. The molecule has 1 aliphatic heterocycles. The molecule has 0 N–H and O–H groups in total. The number of rotatable bonds is 5. The summed E-state index contributed by atoms with van der Waals surface area (Å²) in [7, 11) is 1.84. The largest absolute Gasteiger partial charge is 0.368 e. The normalized spacial score (nSPS) is 14.1. The van der Waals surface area contributed by atoms with Crippen LogP contribution in [0.5, 0.6) is 0 Å². The minimum Gasteiger partial charge on any atom is -0.368 e. The molecule has 2 aromatic carbocycles. The van der Waals surface area contributed by atoms with Gasteiger partial charge in [0.05, 0.1) is 5.75 Å². The number of para-hydroxylation sites is 1. The lowest BCUT2D eigenvalue weighted by Gasteiger charge is -2.37. The second-order valence-corrected chi connectivity index (χ2v) is 8.21. The number of hydrogen-bond donors (Lipinski definition) is 0. The van der Waals surface area contributed by atoms with Gasteiger partial charge in [-0.25, -0.2) is 0 Å². The molecule has 1 fully saturated rings. The molecule has 0 unspecified atom stereocenters. The third-order valence-electron chi connectivity index (χ3n) is 4.67. The number of thiocarbonyl (C=S) groups is 1. The Morgan fingerprint density at radius 1 is 1.00 bits per heavy atom. The van der Waals surface area contributed by atoms with Gasteiger partial charge in [-0.05, 0) is 17.7 Å². The summed E-state index contributed by atoms with van der Waals surface area (Å²) >= 11 is 7.04. The van der Waals surface area contributed by atoms with Crippen molar-refractivity contribution < 1.29 is 4.79 Å². The summed E-state index contributed by atoms with van der Waals surface area (Å²) in [6.07, 6.45) is 0. The lowest BCUT2D eigenvalue weighted by Crippen LogP contribution is -2.47. The average molecular weight is 400 g/mol. The quantitative estimate of drug-likeness (QED) is 0.718. The smallest absolute Gasteiger partial charge is 0.233 e. The fourth-order valence-corrected chi connectivity index (χ4v) is 4.25. The van der Waals surface area contributed by atoms with Crippen LogP contribution in [0.4, 0.5) is 5.69 Å². The fourth-order valence-electron chi connectivity index (χ4n) is 3.06. The van der Waals surface area contributed by atoms with E-state index in [9.17, 15) is 4.79 Å². The van der Waals surface area contributed by atoms with Crippen LogP contribution in [0.2, 0.25) is 0 Å². The molecule has 1 aliphatic rings. The van der Waals surface area contributed by atoms with Gasteiger partial charge in [-0.2, -0.15) is 0 Å². The molecule has 0 aliphatic carbocycles. The molecular formula is C21H25N3OS2. The zero-order chi connectivity index (χ0) is 19.1. The van der Waals surface area contributed by atoms with E-state index in [4.69, 9.17) is 12.2 Å². The highest BCUT2D eigenvalue weighted by atomic mass is 32.2. The van der Waals surface area contributed by atoms with Gasteiger partial charge in [0, 0.05) is 45.5 Å². The van der Waals surface area contributed by atoms with Gasteiger partial charge in [-0.15, -0.1) is 0 Å². The summed E-state index contributed by atoms with van der Waals surface area (Å²) in [6.45, 7) is 4.32. The van der Waals surface area contributed by atoms with Gasteiger partial charge in [0.1, 0.15) is 4.32 Å². The van der Waals surface area contributed by atoms with E-state index >= 15 is 0 Å². The van der Waals surface area contributed by atoms with Crippen molar-refractivity contribution in [3.8, 4) is 0 Å². The highest BCUT2D eigenvalue weighted by molar-refractivity contribution is 8.23. The SMILES string of the molecule is CN(Cc1ccccc1)C(=O)CSC(=S)N1CCN(c2ccccc2)CC1. The first-order chi connectivity index (χ1) is 13.1. The van der Waals surface area contributed by atoms with Crippen molar-refractivity contribution >= 4 is 39.9 Å². The molecule has 1 saturated heterocycles. The van der Waals surface area contributed by atoms with E-state index in [0.717, 1.165) is 36.1 Å². The molecule has 2 aromatic rings. The standard InChI is InChI=1S/C21H25N3OS2/c1-22(16-18-8-4-2-5-9-18)20(25)17-27-21(26)24-14-12-23(13-15-24)19-10-6-3-7-11-19/h2-11H,12-17H2,1H3. The number of nitrogens with zero attached hydrogens (tertiary/aromatic N) is 3. The third-order valence-corrected chi connectivity index (χ3v) is 6.17. The number of piperazine rings is 1. The van der Waals surface area contributed by atoms with Crippen molar-refractivity contribution in [1.29, 1.82) is 0 Å². The Morgan fingerprint density at radius 3 is 2.22 bits per heavy atom. The van der Waals surface area contributed by atoms with Gasteiger partial charge in [-0.1, -0.05) is 72.5 Å². The van der Waals surface area contributed by atoms with Crippen LogP contribution >= 0.6 is 24.0 Å². The van der Waals surface area contributed by atoms with E-state index in [2.05, 4.69) is 34.1 Å². The van der Waals surface area contributed by atoms with Gasteiger partial charge >= 0.3 is 0 Å². The molecule has 0 spiro atoms. The first-order valence-electron chi connectivity index (χ1n) is 9.13. The number of carbonyl (C=O) groups excluding carboxylic acids is 1. The van der Waals surface area contributed by atoms with Gasteiger partial charge in [0.15, 0.2) is 0 Å². The fraction of sp³-hybridized carbons (Fsp3) is 0.333. The van der Waals surface area contributed by atoms with Crippen LogP contribution in [0, 0.1) is 0 Å². The molecule has 0 atom stereocenters. The zero-order valence-electron chi connectivity index (χ0n) is 15.6. The summed E-state index contributed by atoms with van der Waals surface area (Å²) in [6, 6.07) is 20.5. The second-order valence-electron chi connectivity index (χ2n) is 6.60. The summed E-state index contributed by atoms with van der Waals surface area (Å²) in [4.78, 5) is 18.7. The van der Waals surface area contributed by atoms with Crippen LogP contribution in [0.1, 0.15) is 5.56 Å². The molecule has 0 radical (unpaired) electrons. The Labute approximate surface area is 171 Å². The van der Waals surface area contributed by atoms with Crippen LogP contribution in [-0.4, -0.2) is 59.0 Å². The van der Waals surface area contributed by atoms with E-state index in [0.29, 0.717) is 12.3 Å². The summed E-state index contributed by atoms with van der Waals surface area (Å²) in [5.41, 5.74) is 2.39. The van der Waals surface area contributed by atoms with Crippen LogP contribution in [-0.2, 0) is 11.3 Å². The van der Waals surface area contributed by atoms with Gasteiger partial charge in [0.25, 0.3) is 0 Å². The molecule has 0 bridgehead atoms. The Balaban J connectivity index is 1.41. The number of carbonyl (C=O) groups is 1. The van der Waals surface area contributed by atoms with E-state index < -0.39 is 0 Å². The zero-order valence-corrected chi connectivity index (χ0v) is 17.2. The monoisotopic (exact) mass is 399 g/mol. The lowest BCUT2D eigenvalue weighted by atomic mass is 10.2. The lowest BCUT2D eigenvalue weighted by molar-refractivity contribution is -0.127. The maximum Gasteiger partial charge on any atom is 0.233 e. The van der Waals surface area contributed by atoms with E-state index in [-0.39, 0.29) is 5.91 Å². The van der Waals surface area contributed by atoms with Gasteiger partial charge in [0.2, 0.25) is 5.91 Å². The van der Waals surface area contributed by atoms with Gasteiger partial charge < -0.3 is 14.7 Å². The van der Waals surface area contributed by atoms with E-state index in [1.165, 1.54) is 17.4 Å². The molecule has 3 rings (SSSR count). The number of hydrogen-bond acceptors (Lipinski definition) is 4. The van der Waals surface area contributed by atoms with Crippen LogP contribution in [0.3, 0.4) is 0 Å². The molecule has 27 heavy (non-hydrogen) atoms. The predicted octanol–water partition coefficient (Wildman–Crippen LogP) is 3.49. The van der Waals surface area contributed by atoms with Crippen molar-refractivity contribution in [2.45, 2.75) is 6.54 Å². The van der Waals surface area contributed by atoms with E-state index in [1.54, 1.807) is 4.90 Å². The van der Waals surface area contributed by atoms with Crippen molar-refractivity contribution in [2.24, 2.45) is 0 Å². The molecule has 142 valence electrons. The first-order valence-corrected chi connectivity index (χ1v) is 10.5. The summed E-state index contributed by atoms with van der Waals surface area (Å²) in [5, 5.41) is 0. The second kappa shape index (κ2) is 9.76. The first kappa shape index (κ1) is 19.7. The number of anilines is 1. The Morgan fingerprint density at radius 2 is 1.59 bits per heavy atom. The number of benzene rings is 2. The van der Waals surface area contributed by atoms with Crippen molar-refractivity contribution in [3.05, 3.63) is 66.2 Å². The van der Waals surface area contributed by atoms with Crippen molar-refractivity contribution in [3.63, 3.8) is 0 Å². The summed E-state index contributed by atoms with van der Waals surface area (Å²) in [5.74, 6) is 0.496. The average Bonchev–Trinajstić information content (AvgIpc) is 2.73. The van der Waals surface area contributed by atoms with Crippen molar-refractivity contribution in [2.75, 3.05) is 43.9 Å². The van der Waals surface area contributed by atoms with E-state index in [1.807, 2.05) is 43.4 Å². The van der Waals surface area contributed by atoms with Gasteiger partial charge in [-0.3, -0.25) is 4.79 Å².